The summed E-state index contributed by atoms with van der Waals surface area (Å²) in [5.74, 6) is 0.526. The molecule has 25 heavy (non-hydrogen) atoms. The molecule has 2 aromatic rings. The van der Waals surface area contributed by atoms with E-state index in [2.05, 4.69) is 5.32 Å². The molecule has 3 rings (SSSR count). The van der Waals surface area contributed by atoms with E-state index in [1.54, 1.807) is 19.1 Å². The molecule has 0 saturated heterocycles. The number of nitrogens with one attached hydrogen (secondary N) is 1. The van der Waals surface area contributed by atoms with E-state index < -0.39 is 10.8 Å². The van der Waals surface area contributed by atoms with E-state index in [-0.39, 0.29) is 11.3 Å². The summed E-state index contributed by atoms with van der Waals surface area (Å²) in [6.07, 6.45) is 0.751. The van der Waals surface area contributed by atoms with Crippen molar-refractivity contribution in [2.24, 2.45) is 0 Å². The molecular weight excluding hydrogens is 348 g/mol. The zero-order valence-corrected chi connectivity index (χ0v) is 14.1. The van der Waals surface area contributed by atoms with Crippen LogP contribution in [-0.2, 0) is 0 Å². The standard InChI is InChI=1S/C17H15ClN2O5/c1-10-3-4-11(20(22)23)7-12(10)17(21)19-14-9-16-15(8-13(14)18)24-5-2-6-25-16/h3-4,7-9H,2,5-6H2,1H3,(H,19,21). The molecule has 7 nitrogen and oxygen atoms in total. The third-order valence-electron chi connectivity index (χ3n) is 3.76. The van der Waals surface area contributed by atoms with Gasteiger partial charge in [0.25, 0.3) is 11.6 Å². The number of carbonyl (C=O) groups excluding carboxylic acids is 1. The zero-order chi connectivity index (χ0) is 18.0. The minimum atomic E-state index is -0.545. The highest BCUT2D eigenvalue weighted by atomic mass is 35.5. The maximum absolute atomic E-state index is 12.5. The number of benzene rings is 2. The number of carbonyl (C=O) groups is 1. The summed E-state index contributed by atoms with van der Waals surface area (Å²) >= 11 is 6.21. The molecule has 1 N–H and O–H groups in total. The molecule has 0 atom stereocenters. The van der Waals surface area contributed by atoms with E-state index in [4.69, 9.17) is 21.1 Å². The maximum Gasteiger partial charge on any atom is 0.270 e. The van der Waals surface area contributed by atoms with Crippen molar-refractivity contribution < 1.29 is 19.2 Å². The first-order chi connectivity index (χ1) is 12.0. The van der Waals surface area contributed by atoms with Crippen molar-refractivity contribution in [3.63, 3.8) is 0 Å². The Bertz CT molecular complexity index is 853. The van der Waals surface area contributed by atoms with Crippen LogP contribution in [0.2, 0.25) is 5.02 Å². The smallest absolute Gasteiger partial charge is 0.270 e. The second kappa shape index (κ2) is 6.98. The van der Waals surface area contributed by atoms with E-state index in [0.717, 1.165) is 6.42 Å². The van der Waals surface area contributed by atoms with Gasteiger partial charge in [0, 0.05) is 36.2 Å². The summed E-state index contributed by atoms with van der Waals surface area (Å²) in [5.41, 5.74) is 1.02. The van der Waals surface area contributed by atoms with Gasteiger partial charge in [-0.1, -0.05) is 17.7 Å². The highest BCUT2D eigenvalue weighted by molar-refractivity contribution is 6.34. The summed E-state index contributed by atoms with van der Waals surface area (Å²) < 4.78 is 11.1. The number of amides is 1. The first kappa shape index (κ1) is 17.0. The fraction of sp³-hybridized carbons (Fsp3) is 0.235. The van der Waals surface area contributed by atoms with Crippen molar-refractivity contribution in [3.8, 4) is 11.5 Å². The van der Waals surface area contributed by atoms with Crippen molar-refractivity contribution in [1.29, 1.82) is 0 Å². The predicted octanol–water partition coefficient (Wildman–Crippen LogP) is 3.97. The number of halogens is 1. The van der Waals surface area contributed by atoms with Crippen molar-refractivity contribution in [2.45, 2.75) is 13.3 Å². The molecule has 0 spiro atoms. The van der Waals surface area contributed by atoms with Crippen LogP contribution in [0.1, 0.15) is 22.3 Å². The average Bonchev–Trinajstić information content (AvgIpc) is 2.80. The van der Waals surface area contributed by atoms with E-state index in [1.807, 2.05) is 0 Å². The Hall–Kier alpha value is -2.80. The molecule has 1 aliphatic heterocycles. The van der Waals surface area contributed by atoms with Crippen LogP contribution in [0.3, 0.4) is 0 Å². The molecule has 1 amide bonds. The van der Waals surface area contributed by atoms with Crippen LogP contribution in [-0.4, -0.2) is 24.0 Å². The molecule has 130 valence electrons. The number of hydrogen-bond donors (Lipinski definition) is 1. The van der Waals surface area contributed by atoms with Gasteiger partial charge in [-0.15, -0.1) is 0 Å². The first-order valence-electron chi connectivity index (χ1n) is 7.61. The van der Waals surface area contributed by atoms with Gasteiger partial charge in [0.2, 0.25) is 0 Å². The minimum Gasteiger partial charge on any atom is -0.490 e. The van der Waals surface area contributed by atoms with Gasteiger partial charge in [-0.05, 0) is 12.5 Å². The number of hydrogen-bond acceptors (Lipinski definition) is 5. The summed E-state index contributed by atoms with van der Waals surface area (Å²) in [7, 11) is 0. The number of ether oxygens (including phenoxy) is 2. The summed E-state index contributed by atoms with van der Waals surface area (Å²) in [6, 6.07) is 7.29. The van der Waals surface area contributed by atoms with E-state index in [9.17, 15) is 14.9 Å². The highest BCUT2D eigenvalue weighted by Crippen LogP contribution is 2.38. The number of fused-ring (bicyclic) bond motifs is 1. The van der Waals surface area contributed by atoms with Crippen LogP contribution in [0.25, 0.3) is 0 Å². The SMILES string of the molecule is Cc1ccc([N+](=O)[O-])cc1C(=O)Nc1cc2c(cc1Cl)OCCCO2. The Morgan fingerprint density at radius 1 is 1.20 bits per heavy atom. The molecule has 0 unspecified atom stereocenters. The maximum atomic E-state index is 12.5. The lowest BCUT2D eigenvalue weighted by Gasteiger charge is -2.13. The van der Waals surface area contributed by atoms with Gasteiger partial charge in [0.15, 0.2) is 11.5 Å². The fourth-order valence-corrected chi connectivity index (χ4v) is 2.64. The molecule has 1 heterocycles. The lowest BCUT2D eigenvalue weighted by atomic mass is 10.1. The average molecular weight is 363 g/mol. The summed E-state index contributed by atoms with van der Waals surface area (Å²) in [4.78, 5) is 22.9. The zero-order valence-electron chi connectivity index (χ0n) is 13.4. The monoisotopic (exact) mass is 362 g/mol. The van der Waals surface area contributed by atoms with Gasteiger partial charge in [-0.3, -0.25) is 14.9 Å². The van der Waals surface area contributed by atoms with Crippen molar-refractivity contribution in [2.75, 3.05) is 18.5 Å². The predicted molar refractivity (Wildman–Crippen MR) is 92.8 cm³/mol. The number of nitro groups is 1. The Labute approximate surface area is 148 Å². The van der Waals surface area contributed by atoms with Crippen molar-refractivity contribution in [1.82, 2.24) is 0 Å². The number of anilines is 1. The second-order valence-electron chi connectivity index (χ2n) is 5.54. The van der Waals surface area contributed by atoms with Crippen LogP contribution < -0.4 is 14.8 Å². The number of nitrogens with zero attached hydrogens (tertiary/aromatic N) is 1. The van der Waals surface area contributed by atoms with E-state index >= 15 is 0 Å². The van der Waals surface area contributed by atoms with Crippen LogP contribution >= 0.6 is 11.6 Å². The third kappa shape index (κ3) is 3.66. The van der Waals surface area contributed by atoms with Crippen LogP contribution in [0, 0.1) is 17.0 Å². The lowest BCUT2D eigenvalue weighted by molar-refractivity contribution is -0.384. The molecule has 0 fully saturated rings. The Kier molecular flexibility index (Phi) is 4.76. The number of non-ortho nitro benzene ring substituents is 1. The fourth-order valence-electron chi connectivity index (χ4n) is 2.44. The lowest BCUT2D eigenvalue weighted by Crippen LogP contribution is -2.14. The van der Waals surface area contributed by atoms with E-state index in [1.165, 1.54) is 18.2 Å². The van der Waals surface area contributed by atoms with E-state index in [0.29, 0.717) is 41.0 Å². The molecule has 0 bridgehead atoms. The number of aryl methyl sites for hydroxylation is 1. The van der Waals surface area contributed by atoms with Crippen molar-refractivity contribution >= 4 is 28.9 Å². The largest absolute Gasteiger partial charge is 0.490 e. The quantitative estimate of drug-likeness (QED) is 0.659. The van der Waals surface area contributed by atoms with Crippen LogP contribution in [0.4, 0.5) is 11.4 Å². The van der Waals surface area contributed by atoms with Gasteiger partial charge in [0.1, 0.15) is 0 Å². The Balaban J connectivity index is 1.90. The van der Waals surface area contributed by atoms with Gasteiger partial charge in [-0.25, -0.2) is 0 Å². The number of rotatable bonds is 3. The second-order valence-corrected chi connectivity index (χ2v) is 5.95. The Morgan fingerprint density at radius 3 is 2.56 bits per heavy atom. The molecule has 1 aliphatic rings. The third-order valence-corrected chi connectivity index (χ3v) is 4.07. The normalized spacial score (nSPS) is 13.0. The molecular formula is C17H15ClN2O5. The molecule has 0 aromatic heterocycles. The summed E-state index contributed by atoms with van der Waals surface area (Å²) in [6.45, 7) is 2.74. The number of nitro benzene ring substituents is 1. The highest BCUT2D eigenvalue weighted by Gasteiger charge is 2.18. The molecule has 2 aromatic carbocycles. The van der Waals surface area contributed by atoms with Crippen LogP contribution in [0.5, 0.6) is 11.5 Å². The first-order valence-corrected chi connectivity index (χ1v) is 7.99. The minimum absolute atomic E-state index is 0.152. The van der Waals surface area contributed by atoms with Gasteiger partial charge in [-0.2, -0.15) is 0 Å². The van der Waals surface area contributed by atoms with Gasteiger partial charge < -0.3 is 14.8 Å². The molecule has 0 radical (unpaired) electrons. The Morgan fingerprint density at radius 2 is 1.88 bits per heavy atom. The summed E-state index contributed by atoms with van der Waals surface area (Å²) in [5, 5.41) is 13.9. The van der Waals surface area contributed by atoms with Gasteiger partial charge in [0.05, 0.1) is 28.8 Å². The molecule has 0 aliphatic carbocycles. The molecule has 8 heteroatoms. The van der Waals surface area contributed by atoms with Crippen LogP contribution in [0.15, 0.2) is 30.3 Å². The topological polar surface area (TPSA) is 90.7 Å². The van der Waals surface area contributed by atoms with Gasteiger partial charge >= 0.3 is 0 Å². The van der Waals surface area contributed by atoms with Crippen molar-refractivity contribution in [3.05, 3.63) is 56.6 Å². The molecule has 0 saturated carbocycles.